The average molecular weight is 305 g/mol. The molecule has 2 rings (SSSR count). The number of para-hydroxylation sites is 2. The molecule has 23 heavy (non-hydrogen) atoms. The van der Waals surface area contributed by atoms with Gasteiger partial charge < -0.3 is 9.64 Å². The Labute approximate surface area is 139 Å². The van der Waals surface area contributed by atoms with Gasteiger partial charge in [-0.3, -0.25) is 0 Å². The fraction of sp³-hybridized carbons (Fsp3) is 0.143. The maximum Gasteiger partial charge on any atom is 0.118 e. The van der Waals surface area contributed by atoms with Gasteiger partial charge in [0.2, 0.25) is 0 Å². The van der Waals surface area contributed by atoms with Gasteiger partial charge >= 0.3 is 0 Å². The lowest BCUT2D eigenvalue weighted by Crippen LogP contribution is -2.16. The number of ether oxygens (including phenoxy) is 1. The van der Waals surface area contributed by atoms with E-state index in [9.17, 15) is 0 Å². The zero-order chi connectivity index (χ0) is 16.3. The highest BCUT2D eigenvalue weighted by atomic mass is 16.5. The number of hydrogen-bond acceptors (Lipinski definition) is 2. The molecule has 118 valence electrons. The van der Waals surface area contributed by atoms with Crippen molar-refractivity contribution < 1.29 is 4.74 Å². The van der Waals surface area contributed by atoms with Gasteiger partial charge in [-0.15, -0.1) is 0 Å². The van der Waals surface area contributed by atoms with Crippen LogP contribution in [0.25, 0.3) is 0 Å². The quantitative estimate of drug-likeness (QED) is 0.495. The Bertz CT molecular complexity index is 617. The molecule has 2 heteroatoms. The van der Waals surface area contributed by atoms with Crippen LogP contribution in [0.3, 0.4) is 0 Å². The van der Waals surface area contributed by atoms with Crippen LogP contribution in [0.1, 0.15) is 6.92 Å². The lowest BCUT2D eigenvalue weighted by molar-refractivity contribution is 0.307. The smallest absolute Gasteiger partial charge is 0.118 e. The minimum absolute atomic E-state index is 0.768. The van der Waals surface area contributed by atoms with Gasteiger partial charge in [-0.2, -0.15) is 0 Å². The molecule has 0 saturated heterocycles. The second-order valence-corrected chi connectivity index (χ2v) is 4.98. The first-order chi connectivity index (χ1) is 11.3. The Morgan fingerprint density at radius 3 is 2.00 bits per heavy atom. The maximum absolute atomic E-state index is 5.35. The summed E-state index contributed by atoms with van der Waals surface area (Å²) in [6.45, 7) is 2.75. The summed E-state index contributed by atoms with van der Waals surface area (Å²) in [6, 6.07) is 20.8. The Morgan fingerprint density at radius 1 is 0.957 bits per heavy atom. The fourth-order valence-corrected chi connectivity index (χ4v) is 2.23. The van der Waals surface area contributed by atoms with Crippen LogP contribution < -0.4 is 4.90 Å². The van der Waals surface area contributed by atoms with Gasteiger partial charge in [-0.25, -0.2) is 0 Å². The fourth-order valence-electron chi connectivity index (χ4n) is 2.23. The van der Waals surface area contributed by atoms with E-state index in [-0.39, 0.29) is 0 Å². The number of methoxy groups -OCH3 is 1. The van der Waals surface area contributed by atoms with Crippen LogP contribution in [-0.2, 0) is 4.74 Å². The SMILES string of the molecule is C/C=C/C=C(\C=C/CN(c1ccccc1)c1ccccc1)OC. The molecule has 2 aromatic rings. The predicted molar refractivity (Wildman–Crippen MR) is 98.9 cm³/mol. The van der Waals surface area contributed by atoms with Crippen molar-refractivity contribution in [2.75, 3.05) is 18.6 Å². The molecule has 0 unspecified atom stereocenters. The van der Waals surface area contributed by atoms with Gasteiger partial charge in [0, 0.05) is 17.9 Å². The van der Waals surface area contributed by atoms with Gasteiger partial charge in [0.1, 0.15) is 5.76 Å². The highest BCUT2D eigenvalue weighted by molar-refractivity contribution is 5.63. The number of hydrogen-bond donors (Lipinski definition) is 0. The van der Waals surface area contributed by atoms with E-state index in [0.717, 1.165) is 12.3 Å². The van der Waals surface area contributed by atoms with Crippen molar-refractivity contribution >= 4 is 11.4 Å². The first-order valence-corrected chi connectivity index (χ1v) is 7.76. The third kappa shape index (κ3) is 5.19. The van der Waals surface area contributed by atoms with Crippen LogP contribution in [-0.4, -0.2) is 13.7 Å². The molecule has 0 heterocycles. The largest absolute Gasteiger partial charge is 0.497 e. The van der Waals surface area contributed by atoms with Crippen LogP contribution in [0.4, 0.5) is 11.4 Å². The van der Waals surface area contributed by atoms with Gasteiger partial charge in [0.05, 0.1) is 7.11 Å². The van der Waals surface area contributed by atoms with E-state index in [1.54, 1.807) is 7.11 Å². The summed E-state index contributed by atoms with van der Waals surface area (Å²) in [5, 5.41) is 0. The van der Waals surface area contributed by atoms with E-state index >= 15 is 0 Å². The number of allylic oxidation sites excluding steroid dienone is 4. The number of benzene rings is 2. The number of nitrogens with zero attached hydrogens (tertiary/aromatic N) is 1. The summed E-state index contributed by atoms with van der Waals surface area (Å²) >= 11 is 0. The molecule has 0 spiro atoms. The molecule has 0 aliphatic rings. The maximum atomic E-state index is 5.35. The van der Waals surface area contributed by atoms with Crippen LogP contribution >= 0.6 is 0 Å². The summed E-state index contributed by atoms with van der Waals surface area (Å²) in [6.07, 6.45) is 10.0. The molecule has 0 amide bonds. The third-order valence-electron chi connectivity index (χ3n) is 3.39. The van der Waals surface area contributed by atoms with Crippen molar-refractivity contribution in [3.63, 3.8) is 0 Å². The Hall–Kier alpha value is -2.74. The Morgan fingerprint density at radius 2 is 1.52 bits per heavy atom. The molecule has 0 saturated carbocycles. The van der Waals surface area contributed by atoms with Crippen LogP contribution in [0, 0.1) is 0 Å². The van der Waals surface area contributed by atoms with Crippen molar-refractivity contribution in [2.24, 2.45) is 0 Å². The van der Waals surface area contributed by atoms with Crippen LogP contribution in [0.5, 0.6) is 0 Å². The molecular formula is C21H23NO. The Balaban J connectivity index is 2.19. The van der Waals surface area contributed by atoms with Crippen LogP contribution in [0.15, 0.2) is 96.8 Å². The monoisotopic (exact) mass is 305 g/mol. The summed E-state index contributed by atoms with van der Waals surface area (Å²) in [4.78, 5) is 2.26. The third-order valence-corrected chi connectivity index (χ3v) is 3.39. The molecule has 2 aromatic carbocycles. The van der Waals surface area contributed by atoms with Gasteiger partial charge in [0.15, 0.2) is 0 Å². The van der Waals surface area contributed by atoms with Crippen molar-refractivity contribution in [3.05, 3.63) is 96.8 Å². The lowest BCUT2D eigenvalue weighted by atomic mass is 10.2. The van der Waals surface area contributed by atoms with Crippen molar-refractivity contribution in [1.82, 2.24) is 0 Å². The molecule has 2 nitrogen and oxygen atoms in total. The van der Waals surface area contributed by atoms with Gasteiger partial charge in [0.25, 0.3) is 0 Å². The minimum atomic E-state index is 0.768. The molecule has 0 atom stereocenters. The Kier molecular flexibility index (Phi) is 6.73. The summed E-state index contributed by atoms with van der Waals surface area (Å²) in [5.41, 5.74) is 2.33. The van der Waals surface area contributed by atoms with E-state index in [2.05, 4.69) is 59.5 Å². The standard InChI is InChI=1S/C21H23NO/c1-3-4-16-21(23-2)17-11-18-22(19-12-7-5-8-13-19)20-14-9-6-10-15-20/h3-17H,18H2,1-2H3/b4-3+,17-11-,21-16+. The van der Waals surface area contributed by atoms with Gasteiger partial charge in [-0.1, -0.05) is 54.6 Å². The zero-order valence-corrected chi connectivity index (χ0v) is 13.7. The van der Waals surface area contributed by atoms with E-state index in [0.29, 0.717) is 0 Å². The summed E-state index contributed by atoms with van der Waals surface area (Å²) < 4.78 is 5.35. The predicted octanol–water partition coefficient (Wildman–Crippen LogP) is 5.49. The van der Waals surface area contributed by atoms with Crippen molar-refractivity contribution in [1.29, 1.82) is 0 Å². The second kappa shape index (κ2) is 9.31. The van der Waals surface area contributed by atoms with E-state index in [4.69, 9.17) is 4.74 Å². The van der Waals surface area contributed by atoms with Crippen molar-refractivity contribution in [3.8, 4) is 0 Å². The molecule has 0 fully saturated rings. The van der Waals surface area contributed by atoms with E-state index < -0.39 is 0 Å². The first-order valence-electron chi connectivity index (χ1n) is 7.76. The first kappa shape index (κ1) is 16.6. The normalized spacial score (nSPS) is 12.0. The lowest BCUT2D eigenvalue weighted by Gasteiger charge is -2.23. The average Bonchev–Trinajstić information content (AvgIpc) is 2.63. The zero-order valence-electron chi connectivity index (χ0n) is 13.7. The van der Waals surface area contributed by atoms with Crippen molar-refractivity contribution in [2.45, 2.75) is 6.92 Å². The van der Waals surface area contributed by atoms with Gasteiger partial charge in [-0.05, 0) is 43.3 Å². The molecule has 0 aromatic heterocycles. The highest BCUT2D eigenvalue weighted by Gasteiger charge is 2.06. The van der Waals surface area contributed by atoms with E-state index in [1.807, 2.05) is 43.4 Å². The van der Waals surface area contributed by atoms with Crippen LogP contribution in [0.2, 0.25) is 0 Å². The summed E-state index contributed by atoms with van der Waals surface area (Å²) in [7, 11) is 1.69. The molecule has 0 radical (unpaired) electrons. The molecule has 0 aliphatic heterocycles. The molecule has 0 bridgehead atoms. The van der Waals surface area contributed by atoms with E-state index in [1.165, 1.54) is 11.4 Å². The minimum Gasteiger partial charge on any atom is -0.497 e. The second-order valence-electron chi connectivity index (χ2n) is 4.98. The molecule has 0 N–H and O–H groups in total. The summed E-state index contributed by atoms with van der Waals surface area (Å²) in [5.74, 6) is 0.837. The molecular weight excluding hydrogens is 282 g/mol. The number of rotatable bonds is 7. The highest BCUT2D eigenvalue weighted by Crippen LogP contribution is 2.24. The number of anilines is 2. The molecule has 0 aliphatic carbocycles. The topological polar surface area (TPSA) is 12.5 Å².